The summed E-state index contributed by atoms with van der Waals surface area (Å²) in [6, 6.07) is 8.46. The second-order valence-electron chi connectivity index (χ2n) is 6.57. The van der Waals surface area contributed by atoms with Crippen LogP contribution in [0.15, 0.2) is 24.3 Å². The monoisotopic (exact) mass is 332 g/mol. The summed E-state index contributed by atoms with van der Waals surface area (Å²) < 4.78 is 5.20. The van der Waals surface area contributed by atoms with Crippen LogP contribution >= 0.6 is 0 Å². The van der Waals surface area contributed by atoms with Crippen LogP contribution in [-0.2, 0) is 4.79 Å². The Morgan fingerprint density at radius 2 is 1.88 bits per heavy atom. The van der Waals surface area contributed by atoms with E-state index in [2.05, 4.69) is 34.8 Å². The molecule has 24 heavy (non-hydrogen) atoms. The fourth-order valence-corrected chi connectivity index (χ4v) is 3.52. The second-order valence-corrected chi connectivity index (χ2v) is 6.57. The number of benzene rings is 1. The Balaban J connectivity index is 1.50. The van der Waals surface area contributed by atoms with Gasteiger partial charge in [-0.2, -0.15) is 0 Å². The van der Waals surface area contributed by atoms with E-state index in [1.807, 2.05) is 17.0 Å². The summed E-state index contributed by atoms with van der Waals surface area (Å²) >= 11 is 0. The largest absolute Gasteiger partial charge is 0.497 e. The number of ether oxygens (including phenoxy) is 1. The minimum absolute atomic E-state index is 0.0749. The molecule has 2 N–H and O–H groups in total. The highest BCUT2D eigenvalue weighted by molar-refractivity contribution is 5.82. The van der Waals surface area contributed by atoms with Gasteiger partial charge in [-0.3, -0.25) is 10.2 Å². The lowest BCUT2D eigenvalue weighted by molar-refractivity contribution is -0.133. The molecule has 6 nitrogen and oxygen atoms in total. The maximum atomic E-state index is 12.7. The lowest BCUT2D eigenvalue weighted by atomic mass is 10.0. The fraction of sp³-hybridized carbons (Fsp3) is 0.611. The van der Waals surface area contributed by atoms with E-state index in [1.165, 1.54) is 5.69 Å². The number of carbonyl (C=O) groups is 1. The Hall–Kier alpha value is -1.79. The topological polar surface area (TPSA) is 56.8 Å². The lowest BCUT2D eigenvalue weighted by Gasteiger charge is -2.37. The van der Waals surface area contributed by atoms with Gasteiger partial charge in [0.05, 0.1) is 7.11 Å². The lowest BCUT2D eigenvalue weighted by Crippen LogP contribution is -2.53. The van der Waals surface area contributed by atoms with Crippen molar-refractivity contribution in [3.05, 3.63) is 24.3 Å². The maximum absolute atomic E-state index is 12.7. The number of hydrazine groups is 1. The third-order valence-corrected chi connectivity index (χ3v) is 4.95. The molecule has 2 heterocycles. The van der Waals surface area contributed by atoms with E-state index in [0.717, 1.165) is 51.2 Å². The molecular formula is C18H28N4O2. The van der Waals surface area contributed by atoms with Gasteiger partial charge in [0.15, 0.2) is 0 Å². The number of rotatable bonds is 5. The van der Waals surface area contributed by atoms with Gasteiger partial charge in [-0.15, -0.1) is 0 Å². The zero-order valence-electron chi connectivity index (χ0n) is 14.6. The predicted octanol–water partition coefficient (Wildman–Crippen LogP) is 1.38. The van der Waals surface area contributed by atoms with E-state index in [1.54, 1.807) is 7.11 Å². The van der Waals surface area contributed by atoms with Crippen LogP contribution in [0, 0.1) is 0 Å². The van der Waals surface area contributed by atoms with E-state index in [9.17, 15) is 4.79 Å². The minimum atomic E-state index is -0.0749. The van der Waals surface area contributed by atoms with Crippen LogP contribution in [-0.4, -0.2) is 56.2 Å². The summed E-state index contributed by atoms with van der Waals surface area (Å²) in [6.07, 6.45) is 3.15. The molecule has 132 valence electrons. The average Bonchev–Trinajstić information content (AvgIpc) is 3.10. The zero-order chi connectivity index (χ0) is 16.9. The summed E-state index contributed by atoms with van der Waals surface area (Å²) in [5, 5.41) is 0. The van der Waals surface area contributed by atoms with Crippen molar-refractivity contribution < 1.29 is 9.53 Å². The first-order valence-electron chi connectivity index (χ1n) is 8.90. The zero-order valence-corrected chi connectivity index (χ0v) is 14.6. The highest BCUT2D eigenvalue weighted by Crippen LogP contribution is 2.21. The van der Waals surface area contributed by atoms with Crippen LogP contribution in [0.1, 0.15) is 26.2 Å². The van der Waals surface area contributed by atoms with Crippen molar-refractivity contribution in [1.82, 2.24) is 15.8 Å². The van der Waals surface area contributed by atoms with Crippen molar-refractivity contribution >= 4 is 11.6 Å². The Kier molecular flexibility index (Phi) is 5.58. The highest BCUT2D eigenvalue weighted by atomic mass is 16.5. The first-order valence-corrected chi connectivity index (χ1v) is 8.90. The number of hydrogen-bond donors (Lipinski definition) is 2. The SMILES string of the molecule is CCCC1CC(C(=O)N2CCN(c3ccc(OC)cc3)CC2)NN1. The van der Waals surface area contributed by atoms with Gasteiger partial charge in [0.25, 0.3) is 0 Å². The van der Waals surface area contributed by atoms with Crippen LogP contribution in [0.25, 0.3) is 0 Å². The summed E-state index contributed by atoms with van der Waals surface area (Å²) in [5.74, 6) is 1.10. The molecule has 0 saturated carbocycles. The molecule has 2 aliphatic rings. The molecule has 0 bridgehead atoms. The van der Waals surface area contributed by atoms with Crippen LogP contribution in [0.3, 0.4) is 0 Å². The number of nitrogens with zero attached hydrogens (tertiary/aromatic N) is 2. The number of carbonyl (C=O) groups excluding carboxylic acids is 1. The molecule has 1 aromatic carbocycles. The summed E-state index contributed by atoms with van der Waals surface area (Å²) in [6.45, 7) is 5.48. The molecule has 1 amide bonds. The molecule has 2 fully saturated rings. The van der Waals surface area contributed by atoms with E-state index >= 15 is 0 Å². The van der Waals surface area contributed by atoms with Gasteiger partial charge in [-0.05, 0) is 37.1 Å². The predicted molar refractivity (Wildman–Crippen MR) is 95.2 cm³/mol. The third-order valence-electron chi connectivity index (χ3n) is 4.95. The normalized spacial score (nSPS) is 24.2. The average molecular weight is 332 g/mol. The van der Waals surface area contributed by atoms with Crippen molar-refractivity contribution in [2.75, 3.05) is 38.2 Å². The Labute approximate surface area is 144 Å². The van der Waals surface area contributed by atoms with Gasteiger partial charge >= 0.3 is 0 Å². The number of piperazine rings is 1. The van der Waals surface area contributed by atoms with Gasteiger partial charge < -0.3 is 14.5 Å². The van der Waals surface area contributed by atoms with Crippen molar-refractivity contribution in [3.8, 4) is 5.75 Å². The van der Waals surface area contributed by atoms with Crippen molar-refractivity contribution in [2.24, 2.45) is 0 Å². The van der Waals surface area contributed by atoms with Crippen molar-refractivity contribution in [2.45, 2.75) is 38.3 Å². The van der Waals surface area contributed by atoms with Gasteiger partial charge in [0.2, 0.25) is 5.91 Å². The van der Waals surface area contributed by atoms with Gasteiger partial charge in [-0.1, -0.05) is 13.3 Å². The van der Waals surface area contributed by atoms with Gasteiger partial charge in [0.1, 0.15) is 11.8 Å². The molecule has 2 aliphatic heterocycles. The van der Waals surface area contributed by atoms with Crippen LogP contribution in [0.5, 0.6) is 5.75 Å². The molecule has 2 saturated heterocycles. The van der Waals surface area contributed by atoms with Crippen molar-refractivity contribution in [3.63, 3.8) is 0 Å². The van der Waals surface area contributed by atoms with Crippen LogP contribution in [0.4, 0.5) is 5.69 Å². The maximum Gasteiger partial charge on any atom is 0.241 e. The number of anilines is 1. The molecule has 1 aromatic rings. The van der Waals surface area contributed by atoms with E-state index in [0.29, 0.717) is 6.04 Å². The Morgan fingerprint density at radius 1 is 1.17 bits per heavy atom. The van der Waals surface area contributed by atoms with E-state index in [4.69, 9.17) is 4.74 Å². The van der Waals surface area contributed by atoms with Crippen LogP contribution in [0.2, 0.25) is 0 Å². The molecule has 6 heteroatoms. The summed E-state index contributed by atoms with van der Waals surface area (Å²) in [7, 11) is 1.68. The molecule has 2 atom stereocenters. The first kappa shape index (κ1) is 17.0. The fourth-order valence-electron chi connectivity index (χ4n) is 3.52. The first-order chi connectivity index (χ1) is 11.7. The standard InChI is InChI=1S/C18H28N4O2/c1-3-4-14-13-17(20-19-14)18(23)22-11-9-21(10-12-22)15-5-7-16(24-2)8-6-15/h5-8,14,17,19-20H,3-4,9-13H2,1-2H3. The second kappa shape index (κ2) is 7.85. The highest BCUT2D eigenvalue weighted by Gasteiger charge is 2.33. The Morgan fingerprint density at radius 3 is 2.50 bits per heavy atom. The smallest absolute Gasteiger partial charge is 0.241 e. The molecule has 2 unspecified atom stereocenters. The van der Waals surface area contributed by atoms with E-state index in [-0.39, 0.29) is 11.9 Å². The quantitative estimate of drug-likeness (QED) is 0.853. The molecule has 0 aliphatic carbocycles. The third kappa shape index (κ3) is 3.82. The van der Waals surface area contributed by atoms with Gasteiger partial charge in [0, 0.05) is 37.9 Å². The van der Waals surface area contributed by atoms with Crippen molar-refractivity contribution in [1.29, 1.82) is 0 Å². The molecule has 0 aromatic heterocycles. The number of nitrogens with one attached hydrogen (secondary N) is 2. The summed E-state index contributed by atoms with van der Waals surface area (Å²) in [4.78, 5) is 17.0. The minimum Gasteiger partial charge on any atom is -0.497 e. The number of amides is 1. The van der Waals surface area contributed by atoms with Crippen LogP contribution < -0.4 is 20.5 Å². The molecular weight excluding hydrogens is 304 g/mol. The number of hydrogen-bond acceptors (Lipinski definition) is 5. The molecule has 3 rings (SSSR count). The summed E-state index contributed by atoms with van der Waals surface area (Å²) in [5.41, 5.74) is 7.62. The molecule has 0 spiro atoms. The molecule has 0 radical (unpaired) electrons. The number of methoxy groups -OCH3 is 1. The van der Waals surface area contributed by atoms with Gasteiger partial charge in [-0.25, -0.2) is 5.43 Å². The Bertz CT molecular complexity index is 540. The van der Waals surface area contributed by atoms with E-state index < -0.39 is 0 Å².